The van der Waals surface area contributed by atoms with Crippen molar-refractivity contribution < 1.29 is 22.4 Å². The molecule has 0 spiro atoms. The van der Waals surface area contributed by atoms with Gasteiger partial charge < -0.3 is 10.2 Å². The van der Waals surface area contributed by atoms with Crippen LogP contribution in [0.3, 0.4) is 0 Å². The predicted octanol–water partition coefficient (Wildman–Crippen LogP) is 4.61. The van der Waals surface area contributed by atoms with E-state index in [0.29, 0.717) is 6.54 Å². The number of halogens is 2. The smallest absolute Gasteiger partial charge is 0.304 e. The first-order chi connectivity index (χ1) is 19.4. The fraction of sp³-hybridized carbons (Fsp3) is 0.333. The molecule has 11 heteroatoms. The summed E-state index contributed by atoms with van der Waals surface area (Å²) >= 11 is 3.46. The van der Waals surface area contributed by atoms with Crippen LogP contribution < -0.4 is 9.62 Å². The van der Waals surface area contributed by atoms with Gasteiger partial charge in [-0.25, -0.2) is 8.70 Å². The van der Waals surface area contributed by atoms with Gasteiger partial charge in [-0.3, -0.25) is 9.59 Å². The highest BCUT2D eigenvalue weighted by atomic mass is 79.9. The Bertz CT molecular complexity index is 1420. The van der Waals surface area contributed by atoms with E-state index in [1.165, 1.54) is 31.1 Å². The number of carbonyl (C=O) groups is 2. The van der Waals surface area contributed by atoms with E-state index in [1.54, 1.807) is 0 Å². The van der Waals surface area contributed by atoms with Crippen molar-refractivity contribution in [2.24, 2.45) is 5.92 Å². The minimum Gasteiger partial charge on any atom is -0.354 e. The second-order valence-corrected chi connectivity index (χ2v) is 13.3. The zero-order valence-electron chi connectivity index (χ0n) is 23.6. The summed E-state index contributed by atoms with van der Waals surface area (Å²) in [5, 5.41) is 2.95. The van der Waals surface area contributed by atoms with Gasteiger partial charge >= 0.3 is 10.2 Å². The van der Waals surface area contributed by atoms with E-state index in [2.05, 4.69) is 21.2 Å². The third-order valence-corrected chi connectivity index (χ3v) is 8.64. The summed E-state index contributed by atoms with van der Waals surface area (Å²) in [4.78, 5) is 29.2. The van der Waals surface area contributed by atoms with E-state index in [4.69, 9.17) is 0 Å². The summed E-state index contributed by atoms with van der Waals surface area (Å²) in [5.41, 5.74) is 1.73. The SMILES string of the molecule is CC(C)CNC(=O)[C@@H](Cc1ccccc1)N(Cc1cccc(Br)c1)C(=O)CN(c1ccc(F)cc1)S(=O)(=O)N(C)C. The first-order valence-corrected chi connectivity index (χ1v) is 15.4. The summed E-state index contributed by atoms with van der Waals surface area (Å²) < 4.78 is 43.1. The fourth-order valence-electron chi connectivity index (χ4n) is 4.13. The summed E-state index contributed by atoms with van der Waals surface area (Å²) in [6, 6.07) is 20.7. The molecule has 0 aromatic heterocycles. The topological polar surface area (TPSA) is 90.0 Å². The Morgan fingerprint density at radius 3 is 2.15 bits per heavy atom. The van der Waals surface area contributed by atoms with Crippen LogP contribution in [0.15, 0.2) is 83.3 Å². The molecule has 0 bridgehead atoms. The van der Waals surface area contributed by atoms with Crippen molar-refractivity contribution in [3.05, 3.63) is 100 Å². The van der Waals surface area contributed by atoms with Crippen LogP contribution in [0.4, 0.5) is 10.1 Å². The minimum atomic E-state index is -4.15. The molecule has 220 valence electrons. The Morgan fingerprint density at radius 1 is 0.927 bits per heavy atom. The second kappa shape index (κ2) is 14.6. The maximum Gasteiger partial charge on any atom is 0.304 e. The van der Waals surface area contributed by atoms with Gasteiger partial charge in [-0.15, -0.1) is 0 Å². The van der Waals surface area contributed by atoms with Crippen molar-refractivity contribution in [1.29, 1.82) is 0 Å². The zero-order chi connectivity index (χ0) is 30.2. The molecule has 3 aromatic rings. The van der Waals surface area contributed by atoms with E-state index >= 15 is 0 Å². The molecule has 0 saturated heterocycles. The molecule has 0 aliphatic rings. The Morgan fingerprint density at radius 2 is 1.56 bits per heavy atom. The summed E-state index contributed by atoms with van der Waals surface area (Å²) in [6.45, 7) is 3.83. The van der Waals surface area contributed by atoms with Crippen LogP contribution in [0.2, 0.25) is 0 Å². The molecule has 0 aliphatic heterocycles. The van der Waals surface area contributed by atoms with Crippen LogP contribution in [0.25, 0.3) is 0 Å². The second-order valence-electron chi connectivity index (χ2n) is 10.3. The van der Waals surface area contributed by atoms with Crippen molar-refractivity contribution in [3.63, 3.8) is 0 Å². The van der Waals surface area contributed by atoms with Crippen LogP contribution in [0, 0.1) is 11.7 Å². The van der Waals surface area contributed by atoms with Crippen molar-refractivity contribution in [3.8, 4) is 0 Å². The summed E-state index contributed by atoms with van der Waals surface area (Å²) in [6.07, 6.45) is 0.224. The van der Waals surface area contributed by atoms with E-state index in [9.17, 15) is 22.4 Å². The van der Waals surface area contributed by atoms with Gasteiger partial charge in [0, 0.05) is 38.1 Å². The first kappa shape index (κ1) is 32.2. The third kappa shape index (κ3) is 9.11. The quantitative estimate of drug-likeness (QED) is 0.294. The molecule has 0 unspecified atom stereocenters. The number of benzene rings is 3. The summed E-state index contributed by atoms with van der Waals surface area (Å²) in [5.74, 6) is -1.27. The number of amides is 2. The van der Waals surface area contributed by atoms with Crippen LogP contribution in [0.5, 0.6) is 0 Å². The summed E-state index contributed by atoms with van der Waals surface area (Å²) in [7, 11) is -1.44. The van der Waals surface area contributed by atoms with Gasteiger partial charge in [-0.2, -0.15) is 12.7 Å². The normalized spacial score (nSPS) is 12.3. The maximum atomic E-state index is 14.2. The van der Waals surface area contributed by atoms with Crippen LogP contribution >= 0.6 is 15.9 Å². The molecule has 0 fully saturated rings. The van der Waals surface area contributed by atoms with Crippen molar-refractivity contribution in [2.75, 3.05) is 31.5 Å². The largest absolute Gasteiger partial charge is 0.354 e. The number of hydrogen-bond donors (Lipinski definition) is 1. The van der Waals surface area contributed by atoms with Crippen LogP contribution in [0.1, 0.15) is 25.0 Å². The average Bonchev–Trinajstić information content (AvgIpc) is 2.93. The standard InChI is InChI=1S/C30H36BrFN4O4S/c1-22(2)19-33-30(38)28(18-23-9-6-5-7-10-23)35(20-24-11-8-12-25(31)17-24)29(37)21-36(41(39,40)34(3)4)27-15-13-26(32)14-16-27/h5-17,22,28H,18-21H2,1-4H3,(H,33,38)/t28-/m1/s1. The third-order valence-electron chi connectivity index (χ3n) is 6.33. The van der Waals surface area contributed by atoms with Gasteiger partial charge in [-0.05, 0) is 53.4 Å². The molecule has 3 aromatic carbocycles. The van der Waals surface area contributed by atoms with E-state index < -0.39 is 34.5 Å². The zero-order valence-corrected chi connectivity index (χ0v) is 26.0. The van der Waals surface area contributed by atoms with E-state index in [1.807, 2.05) is 68.4 Å². The monoisotopic (exact) mass is 646 g/mol. The fourth-order valence-corrected chi connectivity index (χ4v) is 5.64. The Kier molecular flexibility index (Phi) is 11.5. The first-order valence-electron chi connectivity index (χ1n) is 13.2. The molecule has 0 aliphatic carbocycles. The van der Waals surface area contributed by atoms with Gasteiger partial charge in [0.25, 0.3) is 0 Å². The molecule has 2 amide bonds. The molecule has 8 nitrogen and oxygen atoms in total. The molecule has 0 radical (unpaired) electrons. The number of nitrogens with zero attached hydrogens (tertiary/aromatic N) is 3. The number of hydrogen-bond acceptors (Lipinski definition) is 4. The molecule has 3 rings (SSSR count). The lowest BCUT2D eigenvalue weighted by Crippen LogP contribution is -2.54. The highest BCUT2D eigenvalue weighted by molar-refractivity contribution is 9.10. The van der Waals surface area contributed by atoms with Gasteiger partial charge in [-0.1, -0.05) is 72.2 Å². The molecular weight excluding hydrogens is 611 g/mol. The Balaban J connectivity index is 2.08. The van der Waals surface area contributed by atoms with Gasteiger partial charge in [0.15, 0.2) is 0 Å². The average molecular weight is 648 g/mol. The van der Waals surface area contributed by atoms with Crippen molar-refractivity contribution in [1.82, 2.24) is 14.5 Å². The molecule has 1 N–H and O–H groups in total. The van der Waals surface area contributed by atoms with Gasteiger partial charge in [0.2, 0.25) is 11.8 Å². The van der Waals surface area contributed by atoms with Crippen molar-refractivity contribution in [2.45, 2.75) is 32.9 Å². The van der Waals surface area contributed by atoms with Gasteiger partial charge in [0.05, 0.1) is 5.69 Å². The lowest BCUT2D eigenvalue weighted by molar-refractivity contribution is -0.140. The molecule has 41 heavy (non-hydrogen) atoms. The molecule has 1 atom stereocenters. The lowest BCUT2D eigenvalue weighted by Gasteiger charge is -2.34. The maximum absolute atomic E-state index is 14.2. The number of nitrogens with one attached hydrogen (secondary N) is 1. The minimum absolute atomic E-state index is 0.0597. The Hall–Kier alpha value is -3.28. The van der Waals surface area contributed by atoms with E-state index in [-0.39, 0.29) is 30.5 Å². The molecule has 0 heterocycles. The van der Waals surface area contributed by atoms with Crippen molar-refractivity contribution >= 4 is 43.6 Å². The van der Waals surface area contributed by atoms with Gasteiger partial charge in [0.1, 0.15) is 18.4 Å². The van der Waals surface area contributed by atoms with E-state index in [0.717, 1.165) is 36.3 Å². The number of anilines is 1. The number of rotatable bonds is 13. The number of carbonyl (C=O) groups excluding carboxylic acids is 2. The van der Waals surface area contributed by atoms with Crippen LogP contribution in [-0.4, -0.2) is 62.7 Å². The highest BCUT2D eigenvalue weighted by Gasteiger charge is 2.34. The lowest BCUT2D eigenvalue weighted by atomic mass is 10.0. The Labute approximate surface area is 250 Å². The van der Waals surface area contributed by atoms with Crippen LogP contribution in [-0.2, 0) is 32.8 Å². The predicted molar refractivity (Wildman–Crippen MR) is 163 cm³/mol. The highest BCUT2D eigenvalue weighted by Crippen LogP contribution is 2.23. The molecule has 0 saturated carbocycles. The molecular formula is C30H36BrFN4O4S.